The molecule has 0 atom stereocenters. The van der Waals surface area contributed by atoms with Crippen LogP contribution in [-0.4, -0.2) is 60.4 Å². The molecule has 1 amide bonds. The van der Waals surface area contributed by atoms with Crippen LogP contribution in [0.15, 0.2) is 58.4 Å². The predicted octanol–water partition coefficient (Wildman–Crippen LogP) is 2.23. The van der Waals surface area contributed by atoms with Crippen LogP contribution < -0.4 is 20.5 Å². The van der Waals surface area contributed by atoms with Crippen molar-refractivity contribution in [2.75, 3.05) is 34.5 Å². The number of carbonyl (C=O) groups excluding carboxylic acids is 2. The fourth-order valence-corrected chi connectivity index (χ4v) is 3.84. The Kier molecular flexibility index (Phi) is 7.63. The van der Waals surface area contributed by atoms with Crippen LogP contribution >= 0.6 is 0 Å². The molecule has 0 N–H and O–H groups in total. The van der Waals surface area contributed by atoms with E-state index in [4.69, 9.17) is 18.9 Å². The van der Waals surface area contributed by atoms with E-state index in [9.17, 15) is 14.4 Å². The summed E-state index contributed by atoms with van der Waals surface area (Å²) in [4.78, 5) is 48.7. The Labute approximate surface area is 211 Å². The SMILES string of the molecule is CCOC(=O)c1cc2c(=O)n3ccccc3nc2n(CCOC)c1=NC(=O)c1cc(OC)cc(OC)c1. The van der Waals surface area contributed by atoms with Crippen molar-refractivity contribution in [2.45, 2.75) is 13.5 Å². The summed E-state index contributed by atoms with van der Waals surface area (Å²) in [6.45, 7) is 2.10. The fourth-order valence-electron chi connectivity index (χ4n) is 3.84. The molecule has 11 heteroatoms. The number of pyridine rings is 2. The normalized spacial score (nSPS) is 11.6. The van der Waals surface area contributed by atoms with E-state index in [2.05, 4.69) is 9.98 Å². The smallest absolute Gasteiger partial charge is 0.341 e. The number of ether oxygens (including phenoxy) is 4. The zero-order valence-corrected chi connectivity index (χ0v) is 20.9. The van der Waals surface area contributed by atoms with Crippen molar-refractivity contribution in [1.82, 2.24) is 14.0 Å². The number of aromatic nitrogens is 3. The number of rotatable bonds is 8. The van der Waals surface area contributed by atoms with Crippen LogP contribution in [0.25, 0.3) is 16.7 Å². The van der Waals surface area contributed by atoms with E-state index in [-0.39, 0.29) is 53.0 Å². The summed E-state index contributed by atoms with van der Waals surface area (Å²) in [6.07, 6.45) is 1.59. The molecule has 11 nitrogen and oxygen atoms in total. The van der Waals surface area contributed by atoms with Gasteiger partial charge < -0.3 is 23.5 Å². The van der Waals surface area contributed by atoms with Gasteiger partial charge in [-0.2, -0.15) is 4.99 Å². The average molecular weight is 507 g/mol. The lowest BCUT2D eigenvalue weighted by Crippen LogP contribution is -2.33. The van der Waals surface area contributed by atoms with Gasteiger partial charge in [-0.1, -0.05) is 6.07 Å². The van der Waals surface area contributed by atoms with Crippen molar-refractivity contribution in [3.05, 3.63) is 75.6 Å². The highest BCUT2D eigenvalue weighted by Crippen LogP contribution is 2.23. The molecule has 0 aliphatic rings. The molecule has 4 aromatic rings. The van der Waals surface area contributed by atoms with Crippen LogP contribution in [0, 0.1) is 0 Å². The first-order valence-corrected chi connectivity index (χ1v) is 11.4. The van der Waals surface area contributed by atoms with Crippen LogP contribution in [0.1, 0.15) is 27.6 Å². The number of hydrogen-bond donors (Lipinski definition) is 0. The Morgan fingerprint density at radius 3 is 2.41 bits per heavy atom. The van der Waals surface area contributed by atoms with Gasteiger partial charge in [-0.3, -0.25) is 14.0 Å². The molecule has 1 aromatic carbocycles. The number of amides is 1. The first kappa shape index (κ1) is 25.6. The van der Waals surface area contributed by atoms with Crippen LogP contribution in [0.4, 0.5) is 0 Å². The molecule has 0 saturated heterocycles. The van der Waals surface area contributed by atoms with Crippen LogP contribution in [0.3, 0.4) is 0 Å². The summed E-state index contributed by atoms with van der Waals surface area (Å²) >= 11 is 0. The topological polar surface area (TPSA) is 123 Å². The largest absolute Gasteiger partial charge is 0.497 e. The summed E-state index contributed by atoms with van der Waals surface area (Å²) in [5.41, 5.74) is 0.370. The number of benzene rings is 1. The minimum Gasteiger partial charge on any atom is -0.497 e. The van der Waals surface area contributed by atoms with Crippen molar-refractivity contribution in [3.8, 4) is 11.5 Å². The van der Waals surface area contributed by atoms with Gasteiger partial charge in [-0.15, -0.1) is 0 Å². The van der Waals surface area contributed by atoms with E-state index in [1.807, 2.05) is 0 Å². The highest BCUT2D eigenvalue weighted by atomic mass is 16.5. The van der Waals surface area contributed by atoms with E-state index in [1.165, 1.54) is 48.5 Å². The number of methoxy groups -OCH3 is 3. The number of fused-ring (bicyclic) bond motifs is 2. The highest BCUT2D eigenvalue weighted by Gasteiger charge is 2.20. The number of carbonyl (C=O) groups is 2. The quantitative estimate of drug-likeness (QED) is 0.263. The first-order chi connectivity index (χ1) is 17.9. The predicted molar refractivity (Wildman–Crippen MR) is 134 cm³/mol. The van der Waals surface area contributed by atoms with Crippen molar-refractivity contribution in [1.29, 1.82) is 0 Å². The maximum atomic E-state index is 13.4. The van der Waals surface area contributed by atoms with Crippen LogP contribution in [0.5, 0.6) is 11.5 Å². The van der Waals surface area contributed by atoms with E-state index >= 15 is 0 Å². The molecule has 37 heavy (non-hydrogen) atoms. The Hall–Kier alpha value is -4.51. The van der Waals surface area contributed by atoms with E-state index in [0.717, 1.165) is 0 Å². The van der Waals surface area contributed by atoms with Crippen molar-refractivity contribution < 1.29 is 28.5 Å². The highest BCUT2D eigenvalue weighted by molar-refractivity contribution is 5.97. The Morgan fingerprint density at radius 2 is 1.76 bits per heavy atom. The van der Waals surface area contributed by atoms with Gasteiger partial charge in [-0.05, 0) is 37.3 Å². The van der Waals surface area contributed by atoms with Gasteiger partial charge >= 0.3 is 5.97 Å². The van der Waals surface area contributed by atoms with Crippen molar-refractivity contribution in [2.24, 2.45) is 4.99 Å². The van der Waals surface area contributed by atoms with Gasteiger partial charge in [0, 0.05) is 31.5 Å². The van der Waals surface area contributed by atoms with Crippen LogP contribution in [0.2, 0.25) is 0 Å². The molecule has 0 bridgehead atoms. The summed E-state index contributed by atoms with van der Waals surface area (Å²) < 4.78 is 23.9. The zero-order chi connectivity index (χ0) is 26.5. The molecule has 3 aromatic heterocycles. The third kappa shape index (κ3) is 5.07. The molecule has 0 fully saturated rings. The summed E-state index contributed by atoms with van der Waals surface area (Å²) in [6, 6.07) is 11.2. The third-order valence-corrected chi connectivity index (χ3v) is 5.61. The van der Waals surface area contributed by atoms with Crippen molar-refractivity contribution >= 4 is 28.6 Å². The van der Waals surface area contributed by atoms with Gasteiger partial charge in [-0.25, -0.2) is 9.78 Å². The van der Waals surface area contributed by atoms with Gasteiger partial charge in [0.05, 0.1) is 32.8 Å². The maximum Gasteiger partial charge on any atom is 0.341 e. The monoisotopic (exact) mass is 506 g/mol. The summed E-state index contributed by atoms with van der Waals surface area (Å²) in [7, 11) is 4.45. The van der Waals surface area contributed by atoms with E-state index in [0.29, 0.717) is 17.1 Å². The van der Waals surface area contributed by atoms with Crippen molar-refractivity contribution in [3.63, 3.8) is 0 Å². The minimum atomic E-state index is -0.733. The molecule has 0 unspecified atom stereocenters. The number of nitrogens with zero attached hydrogens (tertiary/aromatic N) is 4. The van der Waals surface area contributed by atoms with Gasteiger partial charge in [0.15, 0.2) is 5.49 Å². The molecule has 0 radical (unpaired) electrons. The second-order valence-corrected chi connectivity index (χ2v) is 7.85. The Bertz CT molecular complexity index is 1600. The Balaban J connectivity index is 2.09. The molecule has 0 aliphatic heterocycles. The molecular formula is C26H26N4O7. The summed E-state index contributed by atoms with van der Waals surface area (Å²) in [5.74, 6) is -0.598. The standard InChI is InChI=1S/C26H26N4O7/c1-5-37-26(33)20-15-19-22(27-21-8-6-7-9-29(21)25(19)32)30(10-11-34-2)23(20)28-24(31)16-12-17(35-3)14-18(13-16)36-4/h6-9,12-15H,5,10-11H2,1-4H3. The molecular weight excluding hydrogens is 480 g/mol. The van der Waals surface area contributed by atoms with E-state index in [1.54, 1.807) is 37.4 Å². The molecule has 192 valence electrons. The third-order valence-electron chi connectivity index (χ3n) is 5.61. The van der Waals surface area contributed by atoms with Gasteiger partial charge in [0.1, 0.15) is 28.4 Å². The van der Waals surface area contributed by atoms with Crippen LogP contribution in [-0.2, 0) is 16.0 Å². The Morgan fingerprint density at radius 1 is 1.03 bits per heavy atom. The van der Waals surface area contributed by atoms with Gasteiger partial charge in [0.25, 0.3) is 11.5 Å². The zero-order valence-electron chi connectivity index (χ0n) is 20.9. The fraction of sp³-hybridized carbons (Fsp3) is 0.269. The van der Waals surface area contributed by atoms with E-state index < -0.39 is 11.9 Å². The lowest BCUT2D eigenvalue weighted by Gasteiger charge is -2.15. The second kappa shape index (κ2) is 11.0. The lowest BCUT2D eigenvalue weighted by atomic mass is 10.1. The number of esters is 1. The molecule has 0 aliphatic carbocycles. The molecule has 3 heterocycles. The summed E-state index contributed by atoms with van der Waals surface area (Å²) in [5, 5.41) is 0.164. The molecule has 0 spiro atoms. The average Bonchev–Trinajstić information content (AvgIpc) is 2.92. The molecule has 0 saturated carbocycles. The number of hydrogen-bond acceptors (Lipinski definition) is 8. The second-order valence-electron chi connectivity index (χ2n) is 7.85. The lowest BCUT2D eigenvalue weighted by molar-refractivity contribution is 0.0523. The molecule has 4 rings (SSSR count). The van der Waals surface area contributed by atoms with Gasteiger partial charge in [0.2, 0.25) is 0 Å². The first-order valence-electron chi connectivity index (χ1n) is 11.4. The minimum absolute atomic E-state index is 0.0121. The maximum absolute atomic E-state index is 13.4.